The summed E-state index contributed by atoms with van der Waals surface area (Å²) in [6.07, 6.45) is 1.02. The molecule has 0 bridgehead atoms. The lowest BCUT2D eigenvalue weighted by Crippen LogP contribution is -2.30. The Balaban J connectivity index is 0. The number of nitrogens with one attached hydrogen (secondary N) is 1. The highest BCUT2D eigenvalue weighted by molar-refractivity contribution is 5.74. The van der Waals surface area contributed by atoms with Gasteiger partial charge in [-0.15, -0.1) is 0 Å². The molecule has 7 heteroatoms. The van der Waals surface area contributed by atoms with Gasteiger partial charge in [-0.3, -0.25) is 19.7 Å². The Morgan fingerprint density at radius 1 is 0.947 bits per heavy atom. The van der Waals surface area contributed by atoms with Crippen LogP contribution in [0, 0.1) is 0 Å². The molecule has 0 saturated carbocycles. The Hall–Kier alpha value is -1.63. The van der Waals surface area contributed by atoms with E-state index in [2.05, 4.69) is 14.8 Å². The van der Waals surface area contributed by atoms with Gasteiger partial charge in [0.2, 0.25) is 0 Å². The van der Waals surface area contributed by atoms with Gasteiger partial charge in [0, 0.05) is 6.42 Å². The number of carbonyl (C=O) groups is 3. The van der Waals surface area contributed by atoms with Crippen LogP contribution in [0.25, 0.3) is 0 Å². The van der Waals surface area contributed by atoms with Crippen LogP contribution >= 0.6 is 0 Å². The number of carboxylic acids is 1. The van der Waals surface area contributed by atoms with E-state index in [9.17, 15) is 14.4 Å². The van der Waals surface area contributed by atoms with Crippen molar-refractivity contribution in [2.24, 2.45) is 0 Å². The molecule has 0 saturated heterocycles. The molecule has 0 unspecified atom stereocenters. The number of carboxylic acid groups (broad SMARTS) is 1. The fourth-order valence-corrected chi connectivity index (χ4v) is 0.905. The maximum absolute atomic E-state index is 10.7. The second kappa shape index (κ2) is 14.4. The number of ether oxygens (including phenoxy) is 2. The smallest absolute Gasteiger partial charge is 0.319 e. The molecule has 0 aromatic rings. The van der Waals surface area contributed by atoms with Crippen LogP contribution < -0.4 is 5.32 Å². The Morgan fingerprint density at radius 3 is 1.58 bits per heavy atom. The second-order valence-electron chi connectivity index (χ2n) is 3.36. The molecular weight excluding hydrogens is 254 g/mol. The molecule has 0 aliphatic carbocycles. The highest BCUT2D eigenvalue weighted by Gasteiger charge is 2.03. The van der Waals surface area contributed by atoms with E-state index in [1.54, 1.807) is 13.8 Å². The Kier molecular flexibility index (Phi) is 15.0. The molecule has 7 nitrogen and oxygen atoms in total. The van der Waals surface area contributed by atoms with E-state index in [0.29, 0.717) is 19.6 Å². The van der Waals surface area contributed by atoms with Crippen molar-refractivity contribution in [2.75, 3.05) is 26.3 Å². The van der Waals surface area contributed by atoms with Gasteiger partial charge in [-0.05, 0) is 20.3 Å². The van der Waals surface area contributed by atoms with Crippen LogP contribution in [-0.2, 0) is 23.9 Å². The van der Waals surface area contributed by atoms with Gasteiger partial charge in [0.1, 0.15) is 0 Å². The predicted octanol–water partition coefficient (Wildman–Crippen LogP) is 0.573. The van der Waals surface area contributed by atoms with Crippen LogP contribution in [-0.4, -0.2) is 49.3 Å². The van der Waals surface area contributed by atoms with Crippen molar-refractivity contribution >= 4 is 17.9 Å². The van der Waals surface area contributed by atoms with Gasteiger partial charge in [0.05, 0.1) is 26.3 Å². The third-order valence-electron chi connectivity index (χ3n) is 1.61. The van der Waals surface area contributed by atoms with E-state index in [0.717, 1.165) is 6.42 Å². The molecular formula is C12H23NO6. The summed E-state index contributed by atoms with van der Waals surface area (Å²) in [5.41, 5.74) is 0. The lowest BCUT2D eigenvalue weighted by atomic mass is 10.4. The zero-order valence-corrected chi connectivity index (χ0v) is 11.7. The maximum atomic E-state index is 10.7. The van der Waals surface area contributed by atoms with Gasteiger partial charge in [-0.1, -0.05) is 6.92 Å². The lowest BCUT2D eigenvalue weighted by Gasteiger charge is -2.03. The molecule has 0 aliphatic rings. The van der Waals surface area contributed by atoms with Crippen molar-refractivity contribution in [1.82, 2.24) is 5.32 Å². The first-order chi connectivity index (χ1) is 8.97. The second-order valence-corrected chi connectivity index (χ2v) is 3.36. The first-order valence-corrected chi connectivity index (χ1v) is 6.21. The maximum Gasteiger partial charge on any atom is 0.319 e. The molecule has 0 aromatic carbocycles. The molecule has 0 atom stereocenters. The normalized spacial score (nSPS) is 9.00. The minimum atomic E-state index is -0.711. The molecule has 0 rings (SSSR count). The number of rotatable bonds is 8. The summed E-state index contributed by atoms with van der Waals surface area (Å²) in [6, 6.07) is 0. The fourth-order valence-electron chi connectivity index (χ4n) is 0.905. The van der Waals surface area contributed by atoms with Crippen molar-refractivity contribution in [3.05, 3.63) is 0 Å². The Labute approximate surface area is 113 Å². The molecule has 0 amide bonds. The van der Waals surface area contributed by atoms with Crippen molar-refractivity contribution in [3.8, 4) is 0 Å². The van der Waals surface area contributed by atoms with E-state index in [1.165, 1.54) is 0 Å². The van der Waals surface area contributed by atoms with E-state index in [-0.39, 0.29) is 25.0 Å². The average Bonchev–Trinajstić information content (AvgIpc) is 2.30. The minimum absolute atomic E-state index is 0.0344. The van der Waals surface area contributed by atoms with Gasteiger partial charge in [-0.2, -0.15) is 0 Å². The number of hydrogen-bond donors (Lipinski definition) is 2. The van der Waals surface area contributed by atoms with Crippen LogP contribution in [0.4, 0.5) is 0 Å². The van der Waals surface area contributed by atoms with Crippen molar-refractivity contribution in [2.45, 2.75) is 33.6 Å². The predicted molar refractivity (Wildman–Crippen MR) is 68.7 cm³/mol. The summed E-state index contributed by atoms with van der Waals surface area (Å²) < 4.78 is 9.26. The molecule has 0 heterocycles. The minimum Gasteiger partial charge on any atom is -0.481 e. The third kappa shape index (κ3) is 18.9. The lowest BCUT2D eigenvalue weighted by molar-refractivity contribution is -0.143. The van der Waals surface area contributed by atoms with Crippen molar-refractivity contribution in [3.63, 3.8) is 0 Å². The molecule has 112 valence electrons. The molecule has 0 fully saturated rings. The Bertz CT molecular complexity index is 249. The monoisotopic (exact) mass is 277 g/mol. The van der Waals surface area contributed by atoms with E-state index in [4.69, 9.17) is 5.11 Å². The van der Waals surface area contributed by atoms with Crippen LogP contribution in [0.5, 0.6) is 0 Å². The third-order valence-corrected chi connectivity index (χ3v) is 1.61. The van der Waals surface area contributed by atoms with Gasteiger partial charge >= 0.3 is 17.9 Å². The highest BCUT2D eigenvalue weighted by atomic mass is 16.5. The first-order valence-electron chi connectivity index (χ1n) is 6.21. The summed E-state index contributed by atoms with van der Waals surface area (Å²) in [5.74, 6) is -1.45. The number of aliphatic carboxylic acids is 1. The molecule has 0 aliphatic heterocycles. The molecule has 0 spiro atoms. The van der Waals surface area contributed by atoms with Crippen LogP contribution in [0.3, 0.4) is 0 Å². The summed E-state index contributed by atoms with van der Waals surface area (Å²) in [7, 11) is 0. The number of carbonyl (C=O) groups excluding carboxylic acids is 2. The first kappa shape index (κ1) is 19.7. The molecule has 0 radical (unpaired) electrons. The van der Waals surface area contributed by atoms with Crippen LogP contribution in [0.15, 0.2) is 0 Å². The number of hydrogen-bond acceptors (Lipinski definition) is 6. The molecule has 19 heavy (non-hydrogen) atoms. The average molecular weight is 277 g/mol. The Morgan fingerprint density at radius 2 is 1.37 bits per heavy atom. The van der Waals surface area contributed by atoms with E-state index >= 15 is 0 Å². The van der Waals surface area contributed by atoms with E-state index < -0.39 is 5.97 Å². The highest BCUT2D eigenvalue weighted by Crippen LogP contribution is 1.82. The topological polar surface area (TPSA) is 102 Å². The van der Waals surface area contributed by atoms with Crippen molar-refractivity contribution in [1.29, 1.82) is 0 Å². The zero-order chi connectivity index (χ0) is 15.1. The zero-order valence-electron chi connectivity index (χ0n) is 11.7. The van der Waals surface area contributed by atoms with E-state index in [1.807, 2.05) is 6.92 Å². The van der Waals surface area contributed by atoms with Crippen LogP contribution in [0.2, 0.25) is 0 Å². The van der Waals surface area contributed by atoms with Gasteiger partial charge in [0.15, 0.2) is 0 Å². The number of esters is 2. The van der Waals surface area contributed by atoms with Crippen LogP contribution in [0.1, 0.15) is 33.6 Å². The summed E-state index contributed by atoms with van der Waals surface area (Å²) in [6.45, 7) is 6.06. The molecule has 0 aromatic heterocycles. The summed E-state index contributed by atoms with van der Waals surface area (Å²) >= 11 is 0. The SMILES string of the molecule is CCCC(=O)O.CCOC(=O)CNCC(=O)OCC. The summed E-state index contributed by atoms with van der Waals surface area (Å²) in [5, 5.41) is 10.5. The van der Waals surface area contributed by atoms with Crippen molar-refractivity contribution < 1.29 is 29.0 Å². The molecule has 2 N–H and O–H groups in total. The van der Waals surface area contributed by atoms with Gasteiger partial charge < -0.3 is 14.6 Å². The standard InChI is InChI=1S/C8H15NO4.C4H8O2/c1-3-12-7(10)5-9-6-8(11)13-4-2;1-2-3-4(5)6/h9H,3-6H2,1-2H3;2-3H2,1H3,(H,5,6). The fraction of sp³-hybridized carbons (Fsp3) is 0.750. The summed E-state index contributed by atoms with van der Waals surface area (Å²) in [4.78, 5) is 31.1. The van der Waals surface area contributed by atoms with Gasteiger partial charge in [-0.25, -0.2) is 0 Å². The quantitative estimate of drug-likeness (QED) is 0.625. The largest absolute Gasteiger partial charge is 0.481 e. The van der Waals surface area contributed by atoms with Gasteiger partial charge in [0.25, 0.3) is 0 Å².